The highest BCUT2D eigenvalue weighted by molar-refractivity contribution is 5.72. The van der Waals surface area contributed by atoms with Gasteiger partial charge in [-0.2, -0.15) is 9.97 Å². The summed E-state index contributed by atoms with van der Waals surface area (Å²) < 4.78 is 22.2. The van der Waals surface area contributed by atoms with E-state index in [4.69, 9.17) is 28.3 Å². The van der Waals surface area contributed by atoms with Gasteiger partial charge in [-0.05, 0) is 42.2 Å². The molecule has 2 N–H and O–H groups in total. The Kier molecular flexibility index (Phi) is 14.1. The monoisotopic (exact) mass is 848 g/mol. The van der Waals surface area contributed by atoms with Crippen LogP contribution in [0.4, 0.5) is 0 Å². The van der Waals surface area contributed by atoms with Crippen molar-refractivity contribution in [2.75, 3.05) is 26.2 Å². The zero-order valence-electron chi connectivity index (χ0n) is 36.3. The molecule has 0 radical (unpaired) electrons. The van der Waals surface area contributed by atoms with Gasteiger partial charge < -0.3 is 28.3 Å². The van der Waals surface area contributed by atoms with Gasteiger partial charge in [0.1, 0.15) is 11.5 Å². The largest absolute Gasteiger partial charge is 0.481 e. The first kappa shape index (κ1) is 44.1. The third kappa shape index (κ3) is 10.5. The van der Waals surface area contributed by atoms with Crippen molar-refractivity contribution in [3.63, 3.8) is 0 Å². The number of carboxylic acids is 2. The predicted octanol–water partition coefficient (Wildman–Crippen LogP) is 8.12. The fraction of sp³-hybridized carbons (Fsp3) is 0.478. The molecule has 0 spiro atoms. The summed E-state index contributed by atoms with van der Waals surface area (Å²) in [5.74, 6) is 2.56. The minimum atomic E-state index is -0.718. The Labute approximate surface area is 360 Å². The smallest absolute Gasteiger partial charge is 0.309 e. The molecule has 0 unspecified atom stereocenters. The summed E-state index contributed by atoms with van der Waals surface area (Å²) in [5.41, 5.74) is 7.33. The molecule has 4 aromatic heterocycles. The molecule has 6 aromatic rings. The Balaban J connectivity index is 0.000000186. The molecule has 2 aromatic carbocycles. The minimum absolute atomic E-state index is 0.243. The number of aliphatic carboxylic acids is 2. The number of aryl methyl sites for hydroxylation is 1. The van der Waals surface area contributed by atoms with E-state index < -0.39 is 11.9 Å². The first-order valence-corrected chi connectivity index (χ1v) is 21.6. The van der Waals surface area contributed by atoms with Crippen molar-refractivity contribution in [2.24, 2.45) is 23.7 Å². The molecule has 2 fully saturated rings. The maximum atomic E-state index is 10.9. The number of likely N-dealkylation sites (tertiary alicyclic amines) is 2. The van der Waals surface area contributed by atoms with Crippen LogP contribution in [0.25, 0.3) is 45.9 Å². The molecule has 0 aliphatic carbocycles. The highest BCUT2D eigenvalue weighted by atomic mass is 16.5. The van der Waals surface area contributed by atoms with Gasteiger partial charge >= 0.3 is 11.9 Å². The average molecular weight is 849 g/mol. The minimum Gasteiger partial charge on any atom is -0.481 e. The van der Waals surface area contributed by atoms with Crippen LogP contribution in [-0.2, 0) is 48.4 Å². The molecule has 328 valence electrons. The van der Waals surface area contributed by atoms with Crippen LogP contribution >= 0.6 is 0 Å². The molecule has 8 rings (SSSR count). The van der Waals surface area contributed by atoms with Gasteiger partial charge in [-0.1, -0.05) is 117 Å². The molecule has 0 atom stereocenters. The Bertz CT molecular complexity index is 2400. The maximum absolute atomic E-state index is 10.9. The van der Waals surface area contributed by atoms with Crippen molar-refractivity contribution < 1.29 is 37.9 Å². The molecular weight excluding hydrogens is 793 g/mol. The SMILES string of the molecule is CCCc1c(-c2nc(-c3ccc(CN4CC(C(=O)O)C4)cc3)no2)noc1CC(C)C.CCCc1onc(-c2nc(-c3ccc(CN4CC(C(=O)O)C4)cc3)no2)c1CC(C)C. The van der Waals surface area contributed by atoms with E-state index in [9.17, 15) is 9.59 Å². The van der Waals surface area contributed by atoms with E-state index in [1.165, 1.54) is 0 Å². The molecule has 6 heterocycles. The fourth-order valence-electron chi connectivity index (χ4n) is 7.72. The van der Waals surface area contributed by atoms with Crippen molar-refractivity contribution in [2.45, 2.75) is 93.2 Å². The highest BCUT2D eigenvalue weighted by Gasteiger charge is 2.33. The lowest BCUT2D eigenvalue weighted by Crippen LogP contribution is -2.49. The number of hydrogen-bond acceptors (Lipinski definition) is 14. The van der Waals surface area contributed by atoms with Crippen molar-refractivity contribution in [1.29, 1.82) is 0 Å². The number of carboxylic acid groups (broad SMARTS) is 2. The van der Waals surface area contributed by atoms with Crippen LogP contribution in [0.5, 0.6) is 0 Å². The summed E-state index contributed by atoms with van der Waals surface area (Å²) >= 11 is 0. The summed E-state index contributed by atoms with van der Waals surface area (Å²) in [6.07, 6.45) is 5.32. The van der Waals surface area contributed by atoms with E-state index >= 15 is 0 Å². The van der Waals surface area contributed by atoms with Crippen LogP contribution < -0.4 is 0 Å². The van der Waals surface area contributed by atoms with E-state index in [1.807, 2.05) is 48.5 Å². The number of aromatic nitrogens is 6. The van der Waals surface area contributed by atoms with Gasteiger partial charge in [0.2, 0.25) is 11.6 Å². The first-order valence-electron chi connectivity index (χ1n) is 21.6. The molecule has 0 saturated carbocycles. The average Bonchev–Trinajstić information content (AvgIpc) is 4.03. The molecule has 2 saturated heterocycles. The third-order valence-corrected chi connectivity index (χ3v) is 11.0. The lowest BCUT2D eigenvalue weighted by Gasteiger charge is -2.36. The second-order valence-electron chi connectivity index (χ2n) is 17.3. The second kappa shape index (κ2) is 19.8. The summed E-state index contributed by atoms with van der Waals surface area (Å²) in [6, 6.07) is 15.9. The molecule has 0 amide bonds. The summed E-state index contributed by atoms with van der Waals surface area (Å²) in [5, 5.41) is 34.7. The van der Waals surface area contributed by atoms with Crippen LogP contribution in [0.1, 0.15) is 88.2 Å². The normalized spacial score (nSPS) is 14.8. The van der Waals surface area contributed by atoms with Gasteiger partial charge in [-0.3, -0.25) is 19.4 Å². The second-order valence-corrected chi connectivity index (χ2v) is 17.3. The van der Waals surface area contributed by atoms with Crippen LogP contribution in [0.3, 0.4) is 0 Å². The number of hydrogen-bond donors (Lipinski definition) is 2. The Morgan fingerprint density at radius 2 is 1.03 bits per heavy atom. The zero-order chi connectivity index (χ0) is 43.9. The molecule has 2 aliphatic rings. The molecular formula is C46H56N8O8. The van der Waals surface area contributed by atoms with Gasteiger partial charge in [0.25, 0.3) is 11.8 Å². The van der Waals surface area contributed by atoms with E-state index in [-0.39, 0.29) is 11.8 Å². The number of rotatable bonds is 18. The Morgan fingerprint density at radius 3 is 1.45 bits per heavy atom. The number of carbonyl (C=O) groups is 2. The van der Waals surface area contributed by atoms with E-state index in [0.717, 1.165) is 96.5 Å². The lowest BCUT2D eigenvalue weighted by atomic mass is 9.99. The van der Waals surface area contributed by atoms with Crippen LogP contribution in [0, 0.1) is 23.7 Å². The van der Waals surface area contributed by atoms with Gasteiger partial charge in [0, 0.05) is 74.4 Å². The number of nitrogens with zero attached hydrogens (tertiary/aromatic N) is 8. The standard InChI is InChI=1S/2C23H28N4O4/c1-4-5-19-18(10-14(2)3)20(25-30-19)22-24-21(26-31-22)16-8-6-15(7-9-16)11-27-12-17(13-27)23(28)29;1-4-5-18-19(10-14(2)3)30-25-20(18)22-24-21(26-31-22)16-8-6-15(7-9-16)11-27-12-17(13-27)23(28)29/h2*6-9,14,17H,4-5,10-13H2,1-3H3,(H,28,29). The maximum Gasteiger partial charge on any atom is 0.309 e. The number of benzene rings is 2. The van der Waals surface area contributed by atoms with Crippen LogP contribution in [0.2, 0.25) is 0 Å². The van der Waals surface area contributed by atoms with Crippen molar-refractivity contribution >= 4 is 11.9 Å². The van der Waals surface area contributed by atoms with Gasteiger partial charge in [-0.15, -0.1) is 0 Å². The van der Waals surface area contributed by atoms with E-state index in [0.29, 0.717) is 72.8 Å². The lowest BCUT2D eigenvalue weighted by molar-refractivity contribution is -0.148. The molecule has 16 nitrogen and oxygen atoms in total. The van der Waals surface area contributed by atoms with Crippen molar-refractivity contribution in [1.82, 2.24) is 40.4 Å². The Hall–Kier alpha value is -6.00. The highest BCUT2D eigenvalue weighted by Crippen LogP contribution is 2.31. The van der Waals surface area contributed by atoms with E-state index in [2.05, 4.69) is 81.9 Å². The Morgan fingerprint density at radius 1 is 0.597 bits per heavy atom. The van der Waals surface area contributed by atoms with Gasteiger partial charge in [0.05, 0.1) is 11.8 Å². The zero-order valence-corrected chi connectivity index (χ0v) is 36.3. The summed E-state index contributed by atoms with van der Waals surface area (Å²) in [7, 11) is 0. The summed E-state index contributed by atoms with van der Waals surface area (Å²) in [6.45, 7) is 16.7. The summed E-state index contributed by atoms with van der Waals surface area (Å²) in [4.78, 5) is 35.2. The topological polar surface area (TPSA) is 211 Å². The van der Waals surface area contributed by atoms with Gasteiger partial charge in [0.15, 0.2) is 11.4 Å². The van der Waals surface area contributed by atoms with Crippen molar-refractivity contribution in [3.05, 3.63) is 82.3 Å². The van der Waals surface area contributed by atoms with Crippen LogP contribution in [-0.4, -0.2) is 88.7 Å². The van der Waals surface area contributed by atoms with Crippen LogP contribution in [0.15, 0.2) is 66.6 Å². The molecule has 0 bridgehead atoms. The molecule has 2 aliphatic heterocycles. The fourth-order valence-corrected chi connectivity index (χ4v) is 7.72. The first-order chi connectivity index (χ1) is 29.9. The van der Waals surface area contributed by atoms with E-state index in [1.54, 1.807) is 0 Å². The van der Waals surface area contributed by atoms with Gasteiger partial charge in [-0.25, -0.2) is 0 Å². The van der Waals surface area contributed by atoms with Crippen molar-refractivity contribution in [3.8, 4) is 45.9 Å². The molecule has 62 heavy (non-hydrogen) atoms. The predicted molar refractivity (Wildman–Crippen MR) is 228 cm³/mol. The quantitative estimate of drug-likeness (QED) is 0.0836. The molecule has 16 heteroatoms. The third-order valence-electron chi connectivity index (χ3n) is 11.0.